The third-order valence-electron chi connectivity index (χ3n) is 7.31. The van der Waals surface area contributed by atoms with Gasteiger partial charge in [-0.15, -0.1) is 0 Å². The standard InChI is InChI=1S/C30H30Cl2N4O5/c1-2-40-30(39)25-12-6-8-16-35(25)36-27(23-14-13-19(31)17-24(23)32)26(21-10-3-4-11-22(21)29(36)38)28(37)34-41-18-20-9-5-7-15-33-20/h3-5,7,9-11,13-15,17,25-27H,2,6,8,12,16,18H2,1H3,(H,34,37). The predicted octanol–water partition coefficient (Wildman–Crippen LogP) is 5.25. The van der Waals surface area contributed by atoms with Gasteiger partial charge in [-0.2, -0.15) is 0 Å². The molecule has 1 aromatic heterocycles. The van der Waals surface area contributed by atoms with E-state index in [2.05, 4.69) is 10.5 Å². The van der Waals surface area contributed by atoms with Gasteiger partial charge in [0.25, 0.3) is 11.8 Å². The van der Waals surface area contributed by atoms with Crippen molar-refractivity contribution in [3.05, 3.63) is 99.3 Å². The van der Waals surface area contributed by atoms with E-state index in [1.807, 2.05) is 6.07 Å². The topological polar surface area (TPSA) is 101 Å². The van der Waals surface area contributed by atoms with Crippen LogP contribution < -0.4 is 5.48 Å². The highest BCUT2D eigenvalue weighted by molar-refractivity contribution is 6.35. The van der Waals surface area contributed by atoms with Crippen molar-refractivity contribution in [3.63, 3.8) is 0 Å². The van der Waals surface area contributed by atoms with Crippen molar-refractivity contribution in [2.45, 2.75) is 50.8 Å². The number of carbonyl (C=O) groups excluding carboxylic acids is 3. The third kappa shape index (κ3) is 6.08. The van der Waals surface area contributed by atoms with Crippen LogP contribution in [0.2, 0.25) is 10.0 Å². The van der Waals surface area contributed by atoms with Gasteiger partial charge in [0, 0.05) is 28.4 Å². The summed E-state index contributed by atoms with van der Waals surface area (Å²) in [5.41, 5.74) is 4.59. The van der Waals surface area contributed by atoms with E-state index >= 15 is 0 Å². The molecule has 9 nitrogen and oxygen atoms in total. The molecule has 5 rings (SSSR count). The number of esters is 1. The maximum absolute atomic E-state index is 14.3. The minimum Gasteiger partial charge on any atom is -0.465 e. The fraction of sp³-hybridized carbons (Fsp3) is 0.333. The minimum absolute atomic E-state index is 0.0486. The Morgan fingerprint density at radius 1 is 1.05 bits per heavy atom. The monoisotopic (exact) mass is 596 g/mol. The van der Waals surface area contributed by atoms with Crippen molar-refractivity contribution in [2.24, 2.45) is 0 Å². The van der Waals surface area contributed by atoms with Crippen molar-refractivity contribution in [3.8, 4) is 0 Å². The molecule has 41 heavy (non-hydrogen) atoms. The second kappa shape index (κ2) is 13.0. The van der Waals surface area contributed by atoms with Crippen molar-refractivity contribution in [1.29, 1.82) is 0 Å². The summed E-state index contributed by atoms with van der Waals surface area (Å²) in [7, 11) is 0. The molecule has 1 N–H and O–H groups in total. The first-order chi connectivity index (χ1) is 19.9. The lowest BCUT2D eigenvalue weighted by molar-refractivity contribution is -0.164. The van der Waals surface area contributed by atoms with Crippen LogP contribution in [0.4, 0.5) is 0 Å². The molecule has 214 valence electrons. The zero-order valence-electron chi connectivity index (χ0n) is 22.5. The number of hydrogen-bond acceptors (Lipinski definition) is 7. The average molecular weight is 597 g/mol. The van der Waals surface area contributed by atoms with Crippen LogP contribution in [0, 0.1) is 0 Å². The highest BCUT2D eigenvalue weighted by atomic mass is 35.5. The van der Waals surface area contributed by atoms with Crippen molar-refractivity contribution in [1.82, 2.24) is 20.5 Å². The number of aromatic nitrogens is 1. The van der Waals surface area contributed by atoms with Crippen LogP contribution in [0.3, 0.4) is 0 Å². The molecule has 11 heteroatoms. The number of carbonyl (C=O) groups is 3. The second-order valence-corrected chi connectivity index (χ2v) is 10.7. The highest BCUT2D eigenvalue weighted by Gasteiger charge is 2.50. The SMILES string of the molecule is CCOC(=O)C1CCCCN1N1C(=O)c2ccccc2C(C(=O)NOCc2ccccn2)C1c1ccc(Cl)cc1Cl. The molecule has 3 atom stereocenters. The number of halogens is 2. The van der Waals surface area contributed by atoms with Crippen LogP contribution in [0.15, 0.2) is 66.9 Å². The molecule has 1 saturated heterocycles. The van der Waals surface area contributed by atoms with Crippen LogP contribution >= 0.6 is 23.2 Å². The number of nitrogens with zero attached hydrogens (tertiary/aromatic N) is 3. The van der Waals surface area contributed by atoms with Gasteiger partial charge in [-0.1, -0.05) is 53.5 Å². The summed E-state index contributed by atoms with van der Waals surface area (Å²) in [5.74, 6) is -2.17. The summed E-state index contributed by atoms with van der Waals surface area (Å²) in [4.78, 5) is 51.1. The summed E-state index contributed by atoms with van der Waals surface area (Å²) in [6, 6.07) is 15.7. The Kier molecular flexibility index (Phi) is 9.19. The Morgan fingerprint density at radius 2 is 1.85 bits per heavy atom. The molecule has 0 spiro atoms. The van der Waals surface area contributed by atoms with Gasteiger partial charge >= 0.3 is 5.97 Å². The van der Waals surface area contributed by atoms with Crippen LogP contribution in [-0.2, 0) is 25.8 Å². The summed E-state index contributed by atoms with van der Waals surface area (Å²) in [6.07, 6.45) is 3.70. The van der Waals surface area contributed by atoms with Gasteiger partial charge < -0.3 is 4.74 Å². The van der Waals surface area contributed by atoms with E-state index in [1.165, 1.54) is 5.01 Å². The zero-order valence-corrected chi connectivity index (χ0v) is 24.0. The van der Waals surface area contributed by atoms with E-state index in [-0.39, 0.29) is 24.1 Å². The Bertz CT molecular complexity index is 1420. The van der Waals surface area contributed by atoms with Gasteiger partial charge in [0.2, 0.25) is 0 Å². The van der Waals surface area contributed by atoms with E-state index in [4.69, 9.17) is 32.8 Å². The fourth-order valence-corrected chi connectivity index (χ4v) is 6.04. The molecule has 3 aromatic rings. The van der Waals surface area contributed by atoms with Crippen molar-refractivity contribution < 1.29 is 24.0 Å². The van der Waals surface area contributed by atoms with E-state index < -0.39 is 29.9 Å². The molecule has 2 aliphatic rings. The summed E-state index contributed by atoms with van der Waals surface area (Å²) >= 11 is 13.0. The molecule has 2 aliphatic heterocycles. The smallest absolute Gasteiger partial charge is 0.325 e. The number of benzene rings is 2. The van der Waals surface area contributed by atoms with Crippen molar-refractivity contribution >= 4 is 41.0 Å². The number of nitrogens with one attached hydrogen (secondary N) is 1. The largest absolute Gasteiger partial charge is 0.465 e. The lowest BCUT2D eigenvalue weighted by atomic mass is 9.79. The summed E-state index contributed by atoms with van der Waals surface area (Å²) in [5, 5.41) is 3.96. The average Bonchev–Trinajstić information content (AvgIpc) is 2.98. The number of rotatable bonds is 8. The number of hydrazine groups is 1. The number of hydrogen-bond donors (Lipinski definition) is 1. The zero-order chi connectivity index (χ0) is 28.9. The number of amides is 2. The Morgan fingerprint density at radius 3 is 2.61 bits per heavy atom. The summed E-state index contributed by atoms with van der Waals surface area (Å²) < 4.78 is 5.39. The summed E-state index contributed by atoms with van der Waals surface area (Å²) in [6.45, 7) is 2.43. The molecule has 1 fully saturated rings. The number of ether oxygens (including phenoxy) is 1. The van der Waals surface area contributed by atoms with Gasteiger partial charge in [0.1, 0.15) is 12.6 Å². The number of hydroxylamine groups is 1. The van der Waals surface area contributed by atoms with E-state index in [0.29, 0.717) is 40.4 Å². The van der Waals surface area contributed by atoms with Gasteiger partial charge in [-0.3, -0.25) is 29.2 Å². The lowest BCUT2D eigenvalue weighted by Gasteiger charge is -2.50. The van der Waals surface area contributed by atoms with E-state index in [9.17, 15) is 14.4 Å². The number of piperidine rings is 1. The Hall–Kier alpha value is -3.50. The maximum atomic E-state index is 14.3. The molecule has 2 amide bonds. The number of fused-ring (bicyclic) bond motifs is 1. The third-order valence-corrected chi connectivity index (χ3v) is 7.87. The molecule has 0 radical (unpaired) electrons. The Labute approximate surface area is 248 Å². The van der Waals surface area contributed by atoms with Crippen LogP contribution in [-0.4, -0.2) is 52.0 Å². The van der Waals surface area contributed by atoms with Crippen LogP contribution in [0.1, 0.15) is 65.3 Å². The molecule has 0 aliphatic carbocycles. The maximum Gasteiger partial charge on any atom is 0.325 e. The quantitative estimate of drug-likeness (QED) is 0.280. The Balaban J connectivity index is 1.60. The molecular weight excluding hydrogens is 567 g/mol. The molecule has 3 heterocycles. The predicted molar refractivity (Wildman–Crippen MR) is 153 cm³/mol. The minimum atomic E-state index is -0.934. The molecule has 2 aromatic carbocycles. The van der Waals surface area contributed by atoms with Crippen molar-refractivity contribution in [2.75, 3.05) is 13.2 Å². The van der Waals surface area contributed by atoms with E-state index in [0.717, 1.165) is 12.8 Å². The van der Waals surface area contributed by atoms with Gasteiger partial charge in [0.05, 0.1) is 24.3 Å². The normalized spacial score (nSPS) is 20.8. The number of pyridine rings is 1. The molecule has 0 bridgehead atoms. The van der Waals surface area contributed by atoms with Crippen LogP contribution in [0.5, 0.6) is 0 Å². The molecule has 0 saturated carbocycles. The fourth-order valence-electron chi connectivity index (χ4n) is 5.52. The lowest BCUT2D eigenvalue weighted by Crippen LogP contribution is -2.61. The van der Waals surface area contributed by atoms with Gasteiger partial charge in [0.15, 0.2) is 0 Å². The first-order valence-corrected chi connectivity index (χ1v) is 14.3. The molecule has 3 unspecified atom stereocenters. The first-order valence-electron chi connectivity index (χ1n) is 13.5. The van der Waals surface area contributed by atoms with Gasteiger partial charge in [-0.25, -0.2) is 10.5 Å². The second-order valence-electron chi connectivity index (χ2n) is 9.83. The van der Waals surface area contributed by atoms with Gasteiger partial charge in [-0.05, 0) is 67.6 Å². The molecular formula is C30H30Cl2N4O5. The first kappa shape index (κ1) is 29.0. The van der Waals surface area contributed by atoms with Crippen LogP contribution in [0.25, 0.3) is 0 Å². The highest BCUT2D eigenvalue weighted by Crippen LogP contribution is 2.47. The van der Waals surface area contributed by atoms with E-state index in [1.54, 1.807) is 72.7 Å².